The van der Waals surface area contributed by atoms with E-state index in [4.69, 9.17) is 9.47 Å². The molecule has 0 bridgehead atoms. The summed E-state index contributed by atoms with van der Waals surface area (Å²) >= 11 is 0. The first-order valence-corrected chi connectivity index (χ1v) is 7.43. The van der Waals surface area contributed by atoms with E-state index >= 15 is 0 Å². The van der Waals surface area contributed by atoms with E-state index in [0.717, 1.165) is 36.6 Å². The summed E-state index contributed by atoms with van der Waals surface area (Å²) in [5.74, 6) is 1.63. The molecule has 0 radical (unpaired) electrons. The highest BCUT2D eigenvalue weighted by Gasteiger charge is 2.09. The molecular weight excluding hydrogens is 250 g/mol. The summed E-state index contributed by atoms with van der Waals surface area (Å²) in [6.07, 6.45) is 8.83. The molecule has 0 aliphatic heterocycles. The largest absolute Gasteiger partial charge is 0.493 e. The number of benzene rings is 1. The molecule has 20 heavy (non-hydrogen) atoms. The van der Waals surface area contributed by atoms with Gasteiger partial charge in [-0.25, -0.2) is 0 Å². The van der Waals surface area contributed by atoms with Gasteiger partial charge < -0.3 is 14.8 Å². The Hall–Kier alpha value is -1.48. The van der Waals surface area contributed by atoms with Crippen LogP contribution in [0.3, 0.4) is 0 Å². The maximum absolute atomic E-state index is 5.44. The van der Waals surface area contributed by atoms with Gasteiger partial charge in [0.2, 0.25) is 0 Å². The maximum atomic E-state index is 5.44. The zero-order valence-corrected chi connectivity index (χ0v) is 12.6. The Labute approximate surface area is 122 Å². The molecule has 1 aliphatic carbocycles. The fourth-order valence-corrected chi connectivity index (χ4v) is 2.70. The molecule has 1 aliphatic rings. The van der Waals surface area contributed by atoms with Gasteiger partial charge in [0.25, 0.3) is 0 Å². The third kappa shape index (κ3) is 4.01. The normalized spacial score (nSPS) is 14.8. The Balaban J connectivity index is 1.83. The van der Waals surface area contributed by atoms with Crippen molar-refractivity contribution in [1.82, 2.24) is 5.32 Å². The Morgan fingerprint density at radius 1 is 1.15 bits per heavy atom. The second-order valence-corrected chi connectivity index (χ2v) is 5.19. The maximum Gasteiger partial charge on any atom is 0.165 e. The minimum atomic E-state index is 0.793. The van der Waals surface area contributed by atoms with E-state index in [1.165, 1.54) is 25.7 Å². The first kappa shape index (κ1) is 14.9. The summed E-state index contributed by atoms with van der Waals surface area (Å²) in [5.41, 5.74) is 2.76. The number of allylic oxidation sites excluding steroid dienone is 1. The summed E-state index contributed by atoms with van der Waals surface area (Å²) in [5, 5.41) is 3.50. The van der Waals surface area contributed by atoms with Gasteiger partial charge in [-0.1, -0.05) is 23.8 Å². The van der Waals surface area contributed by atoms with Crippen molar-refractivity contribution in [3.63, 3.8) is 0 Å². The second kappa shape index (κ2) is 7.95. The van der Waals surface area contributed by atoms with Gasteiger partial charge in [-0.15, -0.1) is 0 Å². The third-order valence-corrected chi connectivity index (χ3v) is 3.81. The Bertz CT molecular complexity index is 454. The molecule has 110 valence electrons. The van der Waals surface area contributed by atoms with Crippen LogP contribution in [0, 0.1) is 0 Å². The molecule has 0 amide bonds. The van der Waals surface area contributed by atoms with Crippen LogP contribution < -0.4 is 14.8 Å². The number of para-hydroxylation sites is 1. The molecule has 0 saturated heterocycles. The van der Waals surface area contributed by atoms with Crippen molar-refractivity contribution in [2.24, 2.45) is 0 Å². The fourth-order valence-electron chi connectivity index (χ4n) is 2.70. The number of hydrogen-bond donors (Lipinski definition) is 1. The smallest absolute Gasteiger partial charge is 0.165 e. The highest BCUT2D eigenvalue weighted by atomic mass is 16.5. The predicted molar refractivity (Wildman–Crippen MR) is 82.4 cm³/mol. The molecule has 3 nitrogen and oxygen atoms in total. The molecule has 2 rings (SSSR count). The van der Waals surface area contributed by atoms with E-state index in [0.29, 0.717) is 0 Å². The van der Waals surface area contributed by atoms with Gasteiger partial charge >= 0.3 is 0 Å². The van der Waals surface area contributed by atoms with Crippen molar-refractivity contribution in [2.45, 2.75) is 38.6 Å². The average molecular weight is 275 g/mol. The molecule has 0 atom stereocenters. The van der Waals surface area contributed by atoms with E-state index in [1.54, 1.807) is 19.8 Å². The zero-order valence-electron chi connectivity index (χ0n) is 12.6. The molecule has 0 heterocycles. The lowest BCUT2D eigenvalue weighted by molar-refractivity contribution is 0.350. The molecule has 0 spiro atoms. The third-order valence-electron chi connectivity index (χ3n) is 3.81. The lowest BCUT2D eigenvalue weighted by Crippen LogP contribution is -2.16. The minimum absolute atomic E-state index is 0.793. The van der Waals surface area contributed by atoms with E-state index in [9.17, 15) is 0 Å². The molecule has 0 aromatic heterocycles. The number of nitrogens with one attached hydrogen (secondary N) is 1. The van der Waals surface area contributed by atoms with Gasteiger partial charge in [0.1, 0.15) is 0 Å². The van der Waals surface area contributed by atoms with Crippen molar-refractivity contribution in [3.8, 4) is 11.5 Å². The number of hydrogen-bond acceptors (Lipinski definition) is 3. The van der Waals surface area contributed by atoms with Crippen LogP contribution in [0.1, 0.15) is 37.7 Å². The lowest BCUT2D eigenvalue weighted by Gasteiger charge is -2.15. The van der Waals surface area contributed by atoms with Gasteiger partial charge in [0, 0.05) is 12.1 Å². The standard InChI is InChI=1S/C17H25NO2/c1-19-16-10-6-9-15(17(16)20-2)13-18-12-11-14-7-4-3-5-8-14/h6-7,9-10,18H,3-5,8,11-13H2,1-2H3. The van der Waals surface area contributed by atoms with Gasteiger partial charge in [-0.05, 0) is 44.7 Å². The number of ether oxygens (including phenoxy) is 2. The van der Waals surface area contributed by atoms with Crippen LogP contribution in [0.4, 0.5) is 0 Å². The first-order valence-electron chi connectivity index (χ1n) is 7.43. The first-order chi connectivity index (χ1) is 9.85. The molecule has 0 unspecified atom stereocenters. The SMILES string of the molecule is COc1cccc(CNCCC2=CCCCC2)c1OC. The van der Waals surface area contributed by atoms with Crippen LogP contribution in [0.25, 0.3) is 0 Å². The van der Waals surface area contributed by atoms with Crippen LogP contribution in [-0.4, -0.2) is 20.8 Å². The molecular formula is C17H25NO2. The van der Waals surface area contributed by atoms with Crippen LogP contribution in [-0.2, 0) is 6.54 Å². The van der Waals surface area contributed by atoms with Crippen LogP contribution in [0.5, 0.6) is 11.5 Å². The Morgan fingerprint density at radius 3 is 2.75 bits per heavy atom. The quantitative estimate of drug-likeness (QED) is 0.608. The molecule has 1 aromatic carbocycles. The monoisotopic (exact) mass is 275 g/mol. The molecule has 0 fully saturated rings. The Kier molecular flexibility index (Phi) is 5.93. The number of methoxy groups -OCH3 is 2. The van der Waals surface area contributed by atoms with Crippen molar-refractivity contribution in [2.75, 3.05) is 20.8 Å². The van der Waals surface area contributed by atoms with Gasteiger partial charge in [0.15, 0.2) is 11.5 Å². The molecule has 1 aromatic rings. The van der Waals surface area contributed by atoms with Crippen molar-refractivity contribution in [3.05, 3.63) is 35.4 Å². The van der Waals surface area contributed by atoms with E-state index in [1.807, 2.05) is 12.1 Å². The van der Waals surface area contributed by atoms with Crippen molar-refractivity contribution < 1.29 is 9.47 Å². The fraction of sp³-hybridized carbons (Fsp3) is 0.529. The van der Waals surface area contributed by atoms with Gasteiger partial charge in [0.05, 0.1) is 14.2 Å². The summed E-state index contributed by atoms with van der Waals surface area (Å²) in [6.45, 7) is 1.83. The highest BCUT2D eigenvalue weighted by molar-refractivity contribution is 5.46. The minimum Gasteiger partial charge on any atom is -0.493 e. The molecule has 1 N–H and O–H groups in total. The van der Waals surface area contributed by atoms with Gasteiger partial charge in [-0.2, -0.15) is 0 Å². The highest BCUT2D eigenvalue weighted by Crippen LogP contribution is 2.30. The lowest BCUT2D eigenvalue weighted by atomic mass is 9.97. The van der Waals surface area contributed by atoms with E-state index < -0.39 is 0 Å². The molecule has 3 heteroatoms. The number of rotatable bonds is 7. The zero-order chi connectivity index (χ0) is 14.2. The average Bonchev–Trinajstić information content (AvgIpc) is 2.52. The van der Waals surface area contributed by atoms with Gasteiger partial charge in [-0.3, -0.25) is 0 Å². The Morgan fingerprint density at radius 2 is 2.05 bits per heavy atom. The van der Waals surface area contributed by atoms with Crippen LogP contribution >= 0.6 is 0 Å². The van der Waals surface area contributed by atoms with E-state index in [2.05, 4.69) is 17.5 Å². The van der Waals surface area contributed by atoms with Crippen molar-refractivity contribution >= 4 is 0 Å². The summed E-state index contributed by atoms with van der Waals surface area (Å²) in [6, 6.07) is 6.01. The summed E-state index contributed by atoms with van der Waals surface area (Å²) in [4.78, 5) is 0. The summed E-state index contributed by atoms with van der Waals surface area (Å²) < 4.78 is 10.8. The van der Waals surface area contributed by atoms with Crippen LogP contribution in [0.15, 0.2) is 29.8 Å². The van der Waals surface area contributed by atoms with Crippen molar-refractivity contribution in [1.29, 1.82) is 0 Å². The summed E-state index contributed by atoms with van der Waals surface area (Å²) in [7, 11) is 3.36. The van der Waals surface area contributed by atoms with E-state index in [-0.39, 0.29) is 0 Å². The second-order valence-electron chi connectivity index (χ2n) is 5.19. The topological polar surface area (TPSA) is 30.5 Å². The van der Waals surface area contributed by atoms with Crippen LogP contribution in [0.2, 0.25) is 0 Å². The molecule has 0 saturated carbocycles. The predicted octanol–water partition coefficient (Wildman–Crippen LogP) is 3.68.